The van der Waals surface area contributed by atoms with Gasteiger partial charge in [0.2, 0.25) is 0 Å². The summed E-state index contributed by atoms with van der Waals surface area (Å²) in [6.45, 7) is 5.79. The summed E-state index contributed by atoms with van der Waals surface area (Å²) in [5.41, 5.74) is -1.02. The summed E-state index contributed by atoms with van der Waals surface area (Å²) < 4.78 is 54.4. The Morgan fingerprint density at radius 2 is 1.87 bits per heavy atom. The first-order valence-corrected chi connectivity index (χ1v) is 13.3. The number of halogens is 4. The Balaban J connectivity index is 1.37. The molecule has 0 aliphatic carbocycles. The van der Waals surface area contributed by atoms with Gasteiger partial charge in [-0.15, -0.1) is 0 Å². The van der Waals surface area contributed by atoms with E-state index in [1.165, 1.54) is 0 Å². The summed E-state index contributed by atoms with van der Waals surface area (Å²) in [6.07, 6.45) is -2.33. The molecule has 0 radical (unpaired) electrons. The number of nitrogens with zero attached hydrogens (tertiary/aromatic N) is 2. The van der Waals surface area contributed by atoms with Gasteiger partial charge in [-0.05, 0) is 53.3 Å². The fourth-order valence-corrected chi connectivity index (χ4v) is 5.82. The second-order valence-corrected chi connectivity index (χ2v) is 11.4. The van der Waals surface area contributed by atoms with Gasteiger partial charge in [0.05, 0.1) is 26.4 Å². The topological polar surface area (TPSA) is 87.2 Å². The monoisotopic (exact) mass is 565 g/mol. The molecule has 5 rings (SSSR count). The van der Waals surface area contributed by atoms with Crippen molar-refractivity contribution in [3.05, 3.63) is 57.4 Å². The third-order valence-electron chi connectivity index (χ3n) is 7.56. The van der Waals surface area contributed by atoms with Crippen LogP contribution in [0.4, 0.5) is 13.2 Å². The summed E-state index contributed by atoms with van der Waals surface area (Å²) in [7, 11) is 0. The largest absolute Gasteiger partial charge is 0.493 e. The van der Waals surface area contributed by atoms with Gasteiger partial charge in [0, 0.05) is 47.9 Å². The van der Waals surface area contributed by atoms with Crippen molar-refractivity contribution in [3.63, 3.8) is 0 Å². The Labute approximate surface area is 229 Å². The highest BCUT2D eigenvalue weighted by atomic mass is 35.5. The number of carbonyl (C=O) groups excluding carboxylic acids is 1. The SMILES string of the molecule is CC(C)(CC(O)(Cc1cc2c([nH]1)C=CC(C(=O)N1CCOCC1)=NC2)C(F)(F)F)c1cc(Cl)cc2c1OCC2. The number of benzene rings is 1. The van der Waals surface area contributed by atoms with E-state index >= 15 is 0 Å². The maximum atomic E-state index is 14.4. The van der Waals surface area contributed by atoms with Crippen LogP contribution in [0, 0.1) is 0 Å². The molecule has 1 atom stereocenters. The molecule has 4 heterocycles. The van der Waals surface area contributed by atoms with E-state index in [0.29, 0.717) is 66.9 Å². The lowest BCUT2D eigenvalue weighted by atomic mass is 9.73. The van der Waals surface area contributed by atoms with Crippen molar-refractivity contribution in [2.24, 2.45) is 4.99 Å². The molecule has 1 fully saturated rings. The molecule has 39 heavy (non-hydrogen) atoms. The normalized spacial score (nSPS) is 19.1. The highest BCUT2D eigenvalue weighted by Gasteiger charge is 2.56. The third kappa shape index (κ3) is 5.60. The van der Waals surface area contributed by atoms with Crippen molar-refractivity contribution >= 4 is 29.3 Å². The van der Waals surface area contributed by atoms with Gasteiger partial charge in [-0.3, -0.25) is 9.79 Å². The third-order valence-corrected chi connectivity index (χ3v) is 7.78. The molecular weight excluding hydrogens is 535 g/mol. The zero-order valence-electron chi connectivity index (χ0n) is 21.8. The Morgan fingerprint density at radius 1 is 1.13 bits per heavy atom. The maximum Gasteiger partial charge on any atom is 0.417 e. The highest BCUT2D eigenvalue weighted by molar-refractivity contribution is 6.44. The summed E-state index contributed by atoms with van der Waals surface area (Å²) in [5.74, 6) is 0.344. The molecule has 2 aromatic rings. The van der Waals surface area contributed by atoms with Crippen LogP contribution >= 0.6 is 11.6 Å². The average Bonchev–Trinajstić information content (AvgIpc) is 3.44. The van der Waals surface area contributed by atoms with Crippen LogP contribution < -0.4 is 4.74 Å². The maximum absolute atomic E-state index is 14.4. The van der Waals surface area contributed by atoms with Crippen LogP contribution in [0.25, 0.3) is 6.08 Å². The number of morpholine rings is 1. The van der Waals surface area contributed by atoms with Gasteiger partial charge < -0.3 is 24.5 Å². The summed E-state index contributed by atoms with van der Waals surface area (Å²) in [6, 6.07) is 4.97. The standard InChI is InChI=1S/C28H31ClF3N3O4/c1-26(2,21-13-19(29)11-17-5-8-39-24(17)21)16-27(37,28(30,31)32)14-20-12-18-15-33-23(4-3-22(18)34-20)25(36)35-6-9-38-10-7-35/h3-4,11-13,34,37H,5-10,14-16H2,1-2H3. The van der Waals surface area contributed by atoms with Crippen LogP contribution in [0.3, 0.4) is 0 Å². The number of carbonyl (C=O) groups is 1. The number of rotatable bonds is 6. The Morgan fingerprint density at radius 3 is 2.59 bits per heavy atom. The van der Waals surface area contributed by atoms with Crippen molar-refractivity contribution in [3.8, 4) is 5.75 Å². The zero-order valence-corrected chi connectivity index (χ0v) is 22.6. The van der Waals surface area contributed by atoms with E-state index in [4.69, 9.17) is 21.1 Å². The van der Waals surface area contributed by atoms with Gasteiger partial charge in [0.1, 0.15) is 11.5 Å². The molecule has 3 aliphatic rings. The van der Waals surface area contributed by atoms with Crippen LogP contribution in [0.2, 0.25) is 5.02 Å². The molecule has 0 spiro atoms. The average molecular weight is 566 g/mol. The smallest absolute Gasteiger partial charge is 0.417 e. The minimum Gasteiger partial charge on any atom is -0.493 e. The number of aliphatic imine (C=N–C) groups is 1. The highest BCUT2D eigenvalue weighted by Crippen LogP contribution is 2.47. The zero-order chi connectivity index (χ0) is 28.0. The molecule has 0 bridgehead atoms. The van der Waals surface area contributed by atoms with Gasteiger partial charge >= 0.3 is 6.18 Å². The Hall–Kier alpha value is -2.82. The number of amides is 1. The van der Waals surface area contributed by atoms with Crippen molar-refractivity contribution in [1.82, 2.24) is 9.88 Å². The first-order chi connectivity index (χ1) is 18.4. The molecular formula is C28H31ClF3N3O4. The first kappa shape index (κ1) is 27.7. The van der Waals surface area contributed by atoms with Crippen LogP contribution in [-0.4, -0.2) is 71.3 Å². The number of H-pyrrole nitrogens is 1. The number of nitrogens with one attached hydrogen (secondary N) is 1. The van der Waals surface area contributed by atoms with Crippen molar-refractivity contribution < 1.29 is 32.5 Å². The number of aromatic nitrogens is 1. The summed E-state index contributed by atoms with van der Waals surface area (Å²) in [4.78, 5) is 21.9. The molecule has 2 N–H and O–H groups in total. The van der Waals surface area contributed by atoms with E-state index < -0.39 is 30.0 Å². The van der Waals surface area contributed by atoms with Gasteiger partial charge in [0.25, 0.3) is 5.91 Å². The van der Waals surface area contributed by atoms with E-state index in [9.17, 15) is 23.1 Å². The summed E-state index contributed by atoms with van der Waals surface area (Å²) in [5, 5.41) is 11.6. The molecule has 210 valence electrons. The van der Waals surface area contributed by atoms with E-state index in [1.54, 1.807) is 49.1 Å². The molecule has 1 amide bonds. The molecule has 11 heteroatoms. The number of alkyl halides is 3. The fraction of sp³-hybridized carbons (Fsp3) is 0.500. The van der Waals surface area contributed by atoms with Crippen molar-refractivity contribution in [1.29, 1.82) is 0 Å². The Bertz CT molecular complexity index is 1330. The predicted octanol–water partition coefficient (Wildman–Crippen LogP) is 4.63. The predicted molar refractivity (Wildman–Crippen MR) is 141 cm³/mol. The number of aromatic amines is 1. The van der Waals surface area contributed by atoms with Gasteiger partial charge in [-0.2, -0.15) is 13.2 Å². The lowest BCUT2D eigenvalue weighted by Crippen LogP contribution is -2.51. The molecule has 1 saturated heterocycles. The first-order valence-electron chi connectivity index (χ1n) is 12.9. The van der Waals surface area contributed by atoms with Gasteiger partial charge in [-0.25, -0.2) is 0 Å². The molecule has 7 nitrogen and oxygen atoms in total. The summed E-state index contributed by atoms with van der Waals surface area (Å²) >= 11 is 6.28. The number of hydrogen-bond donors (Lipinski definition) is 2. The van der Waals surface area contributed by atoms with Gasteiger partial charge in [-0.1, -0.05) is 25.4 Å². The second-order valence-electron chi connectivity index (χ2n) is 11.0. The van der Waals surface area contributed by atoms with Crippen LogP contribution in [0.15, 0.2) is 29.3 Å². The van der Waals surface area contributed by atoms with Crippen molar-refractivity contribution in [2.45, 2.75) is 56.8 Å². The van der Waals surface area contributed by atoms with Crippen LogP contribution in [0.5, 0.6) is 5.75 Å². The van der Waals surface area contributed by atoms with Crippen molar-refractivity contribution in [2.75, 3.05) is 32.9 Å². The Kier molecular flexibility index (Phi) is 7.32. The number of ether oxygens (including phenoxy) is 2. The van der Waals surface area contributed by atoms with Gasteiger partial charge in [0.15, 0.2) is 5.60 Å². The lowest BCUT2D eigenvalue weighted by Gasteiger charge is -2.38. The molecule has 3 aliphatic heterocycles. The number of aliphatic hydroxyl groups is 1. The van der Waals surface area contributed by atoms with E-state index in [1.807, 2.05) is 0 Å². The molecule has 1 aromatic carbocycles. The quantitative estimate of drug-likeness (QED) is 0.534. The number of hydrogen-bond acceptors (Lipinski definition) is 5. The van der Waals surface area contributed by atoms with Crippen LogP contribution in [-0.2, 0) is 34.3 Å². The lowest BCUT2D eigenvalue weighted by molar-refractivity contribution is -0.266. The van der Waals surface area contributed by atoms with E-state index in [-0.39, 0.29) is 23.9 Å². The minimum absolute atomic E-state index is 0.131. The minimum atomic E-state index is -4.90. The number of fused-ring (bicyclic) bond motifs is 2. The molecule has 0 saturated carbocycles. The van der Waals surface area contributed by atoms with E-state index in [2.05, 4.69) is 9.98 Å². The fourth-order valence-electron chi connectivity index (χ4n) is 5.58. The molecule has 1 unspecified atom stereocenters. The second kappa shape index (κ2) is 10.3. The molecule has 1 aromatic heterocycles. The van der Waals surface area contributed by atoms with Crippen LogP contribution in [0.1, 0.15) is 48.3 Å². The van der Waals surface area contributed by atoms with E-state index in [0.717, 1.165) is 5.56 Å².